The van der Waals surface area contributed by atoms with Crippen LogP contribution in [-0.2, 0) is 14.8 Å². The van der Waals surface area contributed by atoms with E-state index in [1.54, 1.807) is 11.1 Å². The lowest BCUT2D eigenvalue weighted by molar-refractivity contribution is -0.107. The number of fused-ring (bicyclic) bond motifs is 3. The van der Waals surface area contributed by atoms with Crippen LogP contribution < -0.4 is 4.90 Å². The van der Waals surface area contributed by atoms with Crippen LogP contribution in [0.2, 0.25) is 0 Å². The Balaban J connectivity index is 1.40. The summed E-state index contributed by atoms with van der Waals surface area (Å²) in [6, 6.07) is 6.02. The number of aromatic amines is 1. The molecule has 2 fully saturated rings. The van der Waals surface area contributed by atoms with Crippen molar-refractivity contribution in [2.75, 3.05) is 4.90 Å². The molecule has 0 radical (unpaired) electrons. The fraction of sp³-hybridized carbons (Fsp3) is 0.333. The molecule has 0 spiro atoms. The number of pyridine rings is 1. The summed E-state index contributed by atoms with van der Waals surface area (Å²) >= 11 is 0. The van der Waals surface area contributed by atoms with E-state index in [0.717, 1.165) is 54.0 Å². The Morgan fingerprint density at radius 2 is 1.91 bits per heavy atom. The van der Waals surface area contributed by atoms with Gasteiger partial charge in [0, 0.05) is 29.7 Å². The number of nitrogens with zero attached hydrogens (tertiary/aromatic N) is 3. The van der Waals surface area contributed by atoms with Gasteiger partial charge in [0.25, 0.3) is 0 Å². The number of benzene rings is 1. The van der Waals surface area contributed by atoms with Crippen molar-refractivity contribution < 1.29 is 22.0 Å². The van der Waals surface area contributed by atoms with Crippen molar-refractivity contribution in [2.45, 2.75) is 55.1 Å². The predicted octanol–water partition coefficient (Wildman–Crippen LogP) is 3.98. The molecule has 2 bridgehead atoms. The Hall–Kier alpha value is -3.11. The summed E-state index contributed by atoms with van der Waals surface area (Å²) in [5.41, 5.74) is 2.60. The van der Waals surface area contributed by atoms with Crippen LogP contribution in [0.15, 0.2) is 47.5 Å². The lowest BCUT2D eigenvalue weighted by Gasteiger charge is -2.33. The molecule has 4 heterocycles. The van der Waals surface area contributed by atoms with Crippen molar-refractivity contribution in [3.63, 3.8) is 0 Å². The van der Waals surface area contributed by atoms with Gasteiger partial charge in [0.1, 0.15) is 11.5 Å². The second kappa shape index (κ2) is 7.71. The van der Waals surface area contributed by atoms with Crippen LogP contribution in [0.4, 0.5) is 14.6 Å². The van der Waals surface area contributed by atoms with Crippen molar-refractivity contribution in [1.82, 2.24) is 14.3 Å². The highest BCUT2D eigenvalue weighted by Crippen LogP contribution is 2.44. The van der Waals surface area contributed by atoms with Crippen LogP contribution in [0.25, 0.3) is 16.6 Å². The number of nitrogens with one attached hydrogen (secondary N) is 1. The molecule has 3 aliphatic rings. The normalized spacial score (nSPS) is 22.7. The zero-order valence-electron chi connectivity index (χ0n) is 18.1. The van der Waals surface area contributed by atoms with Gasteiger partial charge < -0.3 is 4.98 Å². The highest BCUT2D eigenvalue weighted by molar-refractivity contribution is 7.89. The van der Waals surface area contributed by atoms with Crippen molar-refractivity contribution in [2.24, 2.45) is 0 Å². The minimum absolute atomic E-state index is 0.165. The summed E-state index contributed by atoms with van der Waals surface area (Å²) < 4.78 is 55.3. The van der Waals surface area contributed by atoms with E-state index in [1.807, 2.05) is 18.2 Å². The van der Waals surface area contributed by atoms with E-state index in [-0.39, 0.29) is 23.0 Å². The number of H-pyrrole nitrogens is 1. The van der Waals surface area contributed by atoms with Crippen LogP contribution >= 0.6 is 0 Å². The quantitative estimate of drug-likeness (QED) is 0.537. The molecular weight excluding hydrogens is 462 g/mol. The zero-order valence-corrected chi connectivity index (χ0v) is 18.9. The summed E-state index contributed by atoms with van der Waals surface area (Å²) in [5, 5.41) is 0.910. The number of hydrogen-bond donors (Lipinski definition) is 1. The van der Waals surface area contributed by atoms with Gasteiger partial charge in [-0.3, -0.25) is 9.69 Å². The maximum atomic E-state index is 13.8. The SMILES string of the molecule is O=CN(c1cc(C2=CC3CCC(C2)N3S(=O)(=O)c2ccc(F)c(F)c2)c2cc[nH]c2n1)C1CC1. The number of aromatic nitrogens is 2. The van der Waals surface area contributed by atoms with Crippen LogP contribution in [0.3, 0.4) is 0 Å². The van der Waals surface area contributed by atoms with E-state index in [0.29, 0.717) is 30.7 Å². The summed E-state index contributed by atoms with van der Waals surface area (Å²) in [4.78, 5) is 20.9. The molecule has 2 aromatic heterocycles. The van der Waals surface area contributed by atoms with Crippen LogP contribution in [0, 0.1) is 11.6 Å². The lowest BCUT2D eigenvalue weighted by atomic mass is 9.94. The van der Waals surface area contributed by atoms with E-state index >= 15 is 0 Å². The average Bonchev–Trinajstić information content (AvgIpc) is 3.46. The highest BCUT2D eigenvalue weighted by Gasteiger charge is 2.45. The minimum atomic E-state index is -3.99. The van der Waals surface area contributed by atoms with E-state index in [1.165, 1.54) is 4.31 Å². The average molecular weight is 485 g/mol. The summed E-state index contributed by atoms with van der Waals surface area (Å²) in [6.07, 6.45) is 8.25. The van der Waals surface area contributed by atoms with Gasteiger partial charge in [-0.2, -0.15) is 4.31 Å². The van der Waals surface area contributed by atoms with Gasteiger partial charge in [-0.25, -0.2) is 22.2 Å². The molecule has 2 atom stereocenters. The first-order valence-corrected chi connectivity index (χ1v) is 12.7. The van der Waals surface area contributed by atoms with E-state index in [4.69, 9.17) is 0 Å². The molecule has 1 aromatic carbocycles. The van der Waals surface area contributed by atoms with Crippen molar-refractivity contribution in [1.29, 1.82) is 0 Å². The number of amides is 1. The molecule has 1 saturated heterocycles. The van der Waals surface area contributed by atoms with E-state index < -0.39 is 21.7 Å². The molecule has 10 heteroatoms. The number of carbonyl (C=O) groups is 1. The molecule has 2 aliphatic heterocycles. The van der Waals surface area contributed by atoms with Gasteiger partial charge >= 0.3 is 0 Å². The third-order valence-corrected chi connectivity index (χ3v) is 8.95. The summed E-state index contributed by atoms with van der Waals surface area (Å²) in [6.45, 7) is 0. The number of anilines is 1. The molecule has 7 nitrogen and oxygen atoms in total. The summed E-state index contributed by atoms with van der Waals surface area (Å²) in [5.74, 6) is -1.69. The maximum absolute atomic E-state index is 13.8. The third-order valence-electron chi connectivity index (χ3n) is 6.98. The Morgan fingerprint density at radius 3 is 2.62 bits per heavy atom. The maximum Gasteiger partial charge on any atom is 0.243 e. The van der Waals surface area contributed by atoms with Crippen molar-refractivity contribution in [3.05, 3.63) is 59.8 Å². The second-order valence-electron chi connectivity index (χ2n) is 9.12. The molecular formula is C24H22F2N4O3S. The summed E-state index contributed by atoms with van der Waals surface area (Å²) in [7, 11) is -3.99. The predicted molar refractivity (Wildman–Crippen MR) is 122 cm³/mol. The Morgan fingerprint density at radius 1 is 1.09 bits per heavy atom. The number of hydrogen-bond acceptors (Lipinski definition) is 4. The molecule has 176 valence electrons. The molecule has 1 amide bonds. The van der Waals surface area contributed by atoms with Gasteiger partial charge in [0.2, 0.25) is 16.4 Å². The topological polar surface area (TPSA) is 86.4 Å². The molecule has 1 saturated carbocycles. The molecule has 6 rings (SSSR count). The fourth-order valence-electron chi connectivity index (χ4n) is 5.23. The smallest absolute Gasteiger partial charge is 0.243 e. The first-order chi connectivity index (χ1) is 16.4. The molecule has 1 aliphatic carbocycles. The molecule has 3 aromatic rings. The molecule has 1 N–H and O–H groups in total. The Labute approximate surface area is 195 Å². The molecule has 2 unspecified atom stereocenters. The second-order valence-corrected chi connectivity index (χ2v) is 11.0. The number of carbonyl (C=O) groups excluding carboxylic acids is 1. The fourth-order valence-corrected chi connectivity index (χ4v) is 7.06. The van der Waals surface area contributed by atoms with Crippen molar-refractivity contribution >= 4 is 38.9 Å². The number of rotatable bonds is 6. The standard InChI is InChI=1S/C24H22F2N4O3S/c25-21-6-5-18(11-22(21)26)34(32,33)30-16-3-4-17(30)10-14(9-16)20-12-23(29(13-31)15-1-2-15)28-24-19(20)7-8-27-24/h5-9,11-13,15-17H,1-4,10H2,(H,27,28). The van der Waals surface area contributed by atoms with Gasteiger partial charge in [-0.15, -0.1) is 0 Å². The monoisotopic (exact) mass is 484 g/mol. The van der Waals surface area contributed by atoms with Crippen LogP contribution in [-0.4, -0.2) is 47.2 Å². The van der Waals surface area contributed by atoms with Crippen LogP contribution in [0.1, 0.15) is 37.7 Å². The van der Waals surface area contributed by atoms with Crippen LogP contribution in [0.5, 0.6) is 0 Å². The molecule has 34 heavy (non-hydrogen) atoms. The first kappa shape index (κ1) is 21.4. The minimum Gasteiger partial charge on any atom is -0.346 e. The Bertz CT molecular complexity index is 1450. The first-order valence-electron chi connectivity index (χ1n) is 11.3. The van der Waals surface area contributed by atoms with Gasteiger partial charge in [-0.05, 0) is 73.6 Å². The van der Waals surface area contributed by atoms with Gasteiger partial charge in [-0.1, -0.05) is 6.08 Å². The van der Waals surface area contributed by atoms with Crippen molar-refractivity contribution in [3.8, 4) is 0 Å². The van der Waals surface area contributed by atoms with Gasteiger partial charge in [0.15, 0.2) is 11.6 Å². The Kier molecular flexibility index (Phi) is 4.86. The lowest BCUT2D eigenvalue weighted by Crippen LogP contribution is -2.42. The van der Waals surface area contributed by atoms with E-state index in [2.05, 4.69) is 9.97 Å². The van der Waals surface area contributed by atoms with E-state index in [9.17, 15) is 22.0 Å². The van der Waals surface area contributed by atoms with Gasteiger partial charge in [0.05, 0.1) is 4.90 Å². The largest absolute Gasteiger partial charge is 0.346 e. The zero-order chi connectivity index (χ0) is 23.6. The highest BCUT2D eigenvalue weighted by atomic mass is 32.2. The third kappa shape index (κ3) is 3.35. The number of halogens is 2. The number of sulfonamides is 1.